The van der Waals surface area contributed by atoms with Crippen LogP contribution in [0.1, 0.15) is 29.6 Å². The second-order valence-electron chi connectivity index (χ2n) is 7.41. The molecule has 33 heavy (non-hydrogen) atoms. The molecule has 0 saturated carbocycles. The molecular weight excluding hydrogens is 446 g/mol. The minimum atomic E-state index is -0.588. The zero-order valence-corrected chi connectivity index (χ0v) is 18.4. The average molecular weight is 470 g/mol. The molecule has 1 unspecified atom stereocenters. The number of amides is 4. The van der Waals surface area contributed by atoms with Gasteiger partial charge in [-0.2, -0.15) is 0 Å². The van der Waals surface area contributed by atoms with Crippen molar-refractivity contribution in [1.29, 1.82) is 0 Å². The van der Waals surface area contributed by atoms with E-state index in [1.165, 1.54) is 34.8 Å². The second kappa shape index (κ2) is 10.1. The van der Waals surface area contributed by atoms with E-state index in [0.717, 1.165) is 23.4 Å². The Morgan fingerprint density at radius 2 is 2.12 bits per heavy atom. The highest BCUT2D eigenvalue weighted by atomic mass is 32.1. The summed E-state index contributed by atoms with van der Waals surface area (Å²) in [5.41, 5.74) is 6.43. The molecule has 4 heterocycles. The molecule has 0 radical (unpaired) electrons. The van der Waals surface area contributed by atoms with Crippen molar-refractivity contribution >= 4 is 40.2 Å². The highest BCUT2D eigenvalue weighted by Gasteiger charge is 2.27. The standard InChI is InChI=1S/C21H23N7O4S/c22-20(30)28-9-2-1-4-13(12-28)32-19(29)14-10-16(15-5-3-6-24-15)33-18(14)27-21(31)26-17-11-23-7-8-25-17/h3,5-8,10-11,13,24H,1-2,4,9,12H2,(H2,22,30)(H2,25,26,27,31). The molecule has 1 fully saturated rings. The van der Waals surface area contributed by atoms with Crippen LogP contribution >= 0.6 is 11.3 Å². The molecule has 172 valence electrons. The number of esters is 1. The van der Waals surface area contributed by atoms with Crippen molar-refractivity contribution in [3.05, 3.63) is 48.5 Å². The molecule has 1 saturated heterocycles. The molecule has 3 aromatic rings. The Morgan fingerprint density at radius 1 is 1.24 bits per heavy atom. The Hall–Kier alpha value is -3.93. The van der Waals surface area contributed by atoms with Crippen LogP contribution in [0, 0.1) is 0 Å². The summed E-state index contributed by atoms with van der Waals surface area (Å²) in [7, 11) is 0. The number of urea groups is 2. The molecule has 11 nitrogen and oxygen atoms in total. The molecule has 4 rings (SSSR count). The molecule has 3 aromatic heterocycles. The molecule has 1 aliphatic rings. The minimum absolute atomic E-state index is 0.216. The normalized spacial score (nSPS) is 16.0. The quantitative estimate of drug-likeness (QED) is 0.420. The maximum Gasteiger partial charge on any atom is 0.341 e. The number of anilines is 2. The SMILES string of the molecule is NC(=O)N1CCCCC(OC(=O)c2cc(-c3ccc[nH]3)sc2NC(=O)Nc2cnccn2)C1. The van der Waals surface area contributed by atoms with Gasteiger partial charge in [0, 0.05) is 25.1 Å². The highest BCUT2D eigenvalue weighted by Crippen LogP contribution is 2.35. The van der Waals surface area contributed by atoms with E-state index < -0.39 is 24.1 Å². The number of aromatic amines is 1. The van der Waals surface area contributed by atoms with Gasteiger partial charge in [-0.05, 0) is 37.5 Å². The molecule has 1 atom stereocenters. The summed E-state index contributed by atoms with van der Waals surface area (Å²) in [6.45, 7) is 0.777. The van der Waals surface area contributed by atoms with Gasteiger partial charge in [0.15, 0.2) is 5.82 Å². The number of ether oxygens (including phenoxy) is 1. The van der Waals surface area contributed by atoms with Crippen LogP contribution in [0.3, 0.4) is 0 Å². The molecule has 5 N–H and O–H groups in total. The van der Waals surface area contributed by atoms with Gasteiger partial charge in [0.25, 0.3) is 0 Å². The summed E-state index contributed by atoms with van der Waals surface area (Å²) >= 11 is 1.23. The lowest BCUT2D eigenvalue weighted by atomic mass is 10.2. The fourth-order valence-electron chi connectivity index (χ4n) is 3.48. The summed E-state index contributed by atoms with van der Waals surface area (Å²) in [6, 6.07) is 4.26. The molecule has 0 spiro atoms. The number of carbonyl (C=O) groups excluding carboxylic acids is 3. The molecule has 12 heteroatoms. The number of hydrogen-bond acceptors (Lipinski definition) is 7. The van der Waals surface area contributed by atoms with Gasteiger partial charge in [-0.15, -0.1) is 11.3 Å². The van der Waals surface area contributed by atoms with Gasteiger partial charge in [-0.25, -0.2) is 19.4 Å². The largest absolute Gasteiger partial charge is 0.457 e. The maximum atomic E-state index is 13.1. The molecule has 0 bridgehead atoms. The fraction of sp³-hybridized carbons (Fsp3) is 0.286. The third-order valence-electron chi connectivity index (χ3n) is 5.06. The first-order valence-electron chi connectivity index (χ1n) is 10.4. The Labute approximate surface area is 193 Å². The fourth-order valence-corrected chi connectivity index (χ4v) is 4.51. The van der Waals surface area contributed by atoms with E-state index >= 15 is 0 Å². The summed E-state index contributed by atoms with van der Waals surface area (Å²) < 4.78 is 5.72. The van der Waals surface area contributed by atoms with E-state index in [1.54, 1.807) is 12.3 Å². The topological polar surface area (TPSA) is 155 Å². The van der Waals surface area contributed by atoms with Gasteiger partial charge < -0.3 is 20.4 Å². The minimum Gasteiger partial charge on any atom is -0.457 e. The number of H-pyrrole nitrogens is 1. The van der Waals surface area contributed by atoms with Crippen LogP contribution in [0.4, 0.5) is 20.4 Å². The Kier molecular flexibility index (Phi) is 6.83. The van der Waals surface area contributed by atoms with E-state index in [-0.39, 0.29) is 17.9 Å². The zero-order valence-electron chi connectivity index (χ0n) is 17.6. The van der Waals surface area contributed by atoms with Gasteiger partial charge in [0.1, 0.15) is 11.1 Å². The van der Waals surface area contributed by atoms with Gasteiger partial charge >= 0.3 is 18.0 Å². The Balaban J connectivity index is 1.53. The van der Waals surface area contributed by atoms with Crippen LogP contribution in [0.25, 0.3) is 10.6 Å². The predicted octanol–water partition coefficient (Wildman–Crippen LogP) is 3.27. The van der Waals surface area contributed by atoms with E-state index in [9.17, 15) is 14.4 Å². The molecule has 0 aliphatic carbocycles. The van der Waals surface area contributed by atoms with Crippen molar-refractivity contribution < 1.29 is 19.1 Å². The van der Waals surface area contributed by atoms with E-state index in [0.29, 0.717) is 18.0 Å². The number of nitrogens with zero attached hydrogens (tertiary/aromatic N) is 3. The first-order valence-corrected chi connectivity index (χ1v) is 11.2. The molecular formula is C21H23N7O4S. The average Bonchev–Trinajstić information content (AvgIpc) is 3.40. The van der Waals surface area contributed by atoms with Crippen LogP contribution in [0.15, 0.2) is 43.0 Å². The predicted molar refractivity (Wildman–Crippen MR) is 123 cm³/mol. The zero-order chi connectivity index (χ0) is 23.2. The lowest BCUT2D eigenvalue weighted by molar-refractivity contribution is 0.0242. The van der Waals surface area contributed by atoms with Crippen molar-refractivity contribution in [3.8, 4) is 10.6 Å². The number of likely N-dealkylation sites (tertiary alicyclic amines) is 1. The van der Waals surface area contributed by atoms with Gasteiger partial charge in [-0.3, -0.25) is 15.6 Å². The van der Waals surface area contributed by atoms with E-state index in [4.69, 9.17) is 10.5 Å². The number of thiophene rings is 1. The van der Waals surface area contributed by atoms with Crippen molar-refractivity contribution in [2.24, 2.45) is 5.73 Å². The lowest BCUT2D eigenvalue weighted by Gasteiger charge is -2.22. The van der Waals surface area contributed by atoms with Crippen molar-refractivity contribution in [1.82, 2.24) is 19.9 Å². The van der Waals surface area contributed by atoms with Crippen LogP contribution < -0.4 is 16.4 Å². The van der Waals surface area contributed by atoms with Crippen LogP contribution in [-0.4, -0.2) is 57.1 Å². The number of primary amides is 1. The number of nitrogens with one attached hydrogen (secondary N) is 3. The third kappa shape index (κ3) is 5.66. The van der Waals surface area contributed by atoms with E-state index in [2.05, 4.69) is 25.6 Å². The summed E-state index contributed by atoms with van der Waals surface area (Å²) in [6.07, 6.45) is 7.86. The summed E-state index contributed by atoms with van der Waals surface area (Å²) in [5, 5.41) is 5.60. The van der Waals surface area contributed by atoms with Crippen LogP contribution in [0.5, 0.6) is 0 Å². The summed E-state index contributed by atoms with van der Waals surface area (Å²) in [5.74, 6) is -0.319. The molecule has 4 amide bonds. The lowest BCUT2D eigenvalue weighted by Crippen LogP contribution is -2.41. The number of aromatic nitrogens is 3. The monoisotopic (exact) mass is 469 g/mol. The van der Waals surface area contributed by atoms with Crippen LogP contribution in [-0.2, 0) is 4.74 Å². The van der Waals surface area contributed by atoms with Gasteiger partial charge in [0.05, 0.1) is 28.9 Å². The molecule has 1 aliphatic heterocycles. The van der Waals surface area contributed by atoms with Gasteiger partial charge in [-0.1, -0.05) is 0 Å². The summed E-state index contributed by atoms with van der Waals surface area (Å²) in [4.78, 5) is 50.4. The van der Waals surface area contributed by atoms with Crippen molar-refractivity contribution in [2.75, 3.05) is 23.7 Å². The Bertz CT molecular complexity index is 1120. The smallest absolute Gasteiger partial charge is 0.341 e. The molecule has 0 aromatic carbocycles. The first-order chi connectivity index (χ1) is 16.0. The van der Waals surface area contributed by atoms with Crippen molar-refractivity contribution in [2.45, 2.75) is 25.4 Å². The van der Waals surface area contributed by atoms with Gasteiger partial charge in [0.2, 0.25) is 0 Å². The highest BCUT2D eigenvalue weighted by molar-refractivity contribution is 7.20. The number of hydrogen-bond donors (Lipinski definition) is 4. The van der Waals surface area contributed by atoms with E-state index in [1.807, 2.05) is 12.1 Å². The van der Waals surface area contributed by atoms with Crippen LogP contribution in [0.2, 0.25) is 0 Å². The maximum absolute atomic E-state index is 13.1. The Morgan fingerprint density at radius 3 is 2.85 bits per heavy atom. The first kappa shape index (κ1) is 22.3. The second-order valence-corrected chi connectivity index (χ2v) is 8.47. The number of nitrogens with two attached hydrogens (primary N) is 1. The number of rotatable bonds is 5. The van der Waals surface area contributed by atoms with Crippen molar-refractivity contribution in [3.63, 3.8) is 0 Å². The number of carbonyl (C=O) groups is 3. The third-order valence-corrected chi connectivity index (χ3v) is 6.14.